The summed E-state index contributed by atoms with van der Waals surface area (Å²) < 4.78 is 35.5. The summed E-state index contributed by atoms with van der Waals surface area (Å²) in [6.07, 6.45) is -4.45. The smallest absolute Gasteiger partial charge is 0.386 e. The van der Waals surface area contributed by atoms with E-state index >= 15 is 0 Å². The quantitative estimate of drug-likeness (QED) is 0.504. The number of hydrogen-bond donors (Lipinski definition) is 3. The zero-order valence-electron chi connectivity index (χ0n) is 9.06. The molecule has 0 fully saturated rings. The summed E-state index contributed by atoms with van der Waals surface area (Å²) in [4.78, 5) is 12.4. The Hall–Kier alpha value is -1.47. The van der Waals surface area contributed by atoms with Crippen LogP contribution in [0.25, 0.3) is 0 Å². The van der Waals surface area contributed by atoms with E-state index in [2.05, 4.69) is 0 Å². The Morgan fingerprint density at radius 3 is 2.31 bits per heavy atom. The Balaban J connectivity index is 4.34. The largest absolute Gasteiger partial charge is 0.405 e. The lowest BCUT2D eigenvalue weighted by atomic mass is 10.3. The highest BCUT2D eigenvalue weighted by atomic mass is 19.4. The Labute approximate surface area is 91.3 Å². The molecule has 4 N–H and O–H groups in total. The van der Waals surface area contributed by atoms with E-state index in [9.17, 15) is 18.0 Å². The van der Waals surface area contributed by atoms with E-state index in [0.29, 0.717) is 0 Å². The summed E-state index contributed by atoms with van der Waals surface area (Å²) in [7, 11) is 0. The summed E-state index contributed by atoms with van der Waals surface area (Å²) >= 11 is 0. The summed E-state index contributed by atoms with van der Waals surface area (Å²) in [5.74, 6) is -0.282. The van der Waals surface area contributed by atoms with Gasteiger partial charge in [0.2, 0.25) is 0 Å². The minimum Gasteiger partial charge on any atom is -0.386 e. The van der Waals surface area contributed by atoms with E-state index in [0.717, 1.165) is 4.90 Å². The minimum absolute atomic E-state index is 0.193. The van der Waals surface area contributed by atoms with Gasteiger partial charge in [-0.1, -0.05) is 0 Å². The Morgan fingerprint density at radius 2 is 2.00 bits per heavy atom. The van der Waals surface area contributed by atoms with Crippen LogP contribution in [0.2, 0.25) is 0 Å². The molecular formula is C8H15F3N4O. The molecule has 0 unspecified atom stereocenters. The van der Waals surface area contributed by atoms with Crippen LogP contribution in [-0.2, 0) is 0 Å². The van der Waals surface area contributed by atoms with E-state index in [1.165, 1.54) is 0 Å². The summed E-state index contributed by atoms with van der Waals surface area (Å²) in [5, 5.41) is 8.72. The molecular weight excluding hydrogens is 225 g/mol. The number of alkyl halides is 3. The van der Waals surface area contributed by atoms with Crippen LogP contribution in [0, 0.1) is 5.41 Å². The van der Waals surface area contributed by atoms with Gasteiger partial charge in [-0.15, -0.1) is 0 Å². The van der Waals surface area contributed by atoms with Crippen molar-refractivity contribution in [2.75, 3.05) is 13.1 Å². The first kappa shape index (κ1) is 14.5. The van der Waals surface area contributed by atoms with E-state index in [1.54, 1.807) is 19.2 Å². The summed E-state index contributed by atoms with van der Waals surface area (Å²) in [5.41, 5.74) is 5.09. The molecule has 0 aliphatic carbocycles. The van der Waals surface area contributed by atoms with Crippen LogP contribution in [-0.4, -0.2) is 42.1 Å². The van der Waals surface area contributed by atoms with Crippen LogP contribution in [0.15, 0.2) is 0 Å². The number of nitrogens with zero attached hydrogens (tertiary/aromatic N) is 1. The van der Waals surface area contributed by atoms with Gasteiger partial charge in [0.05, 0.1) is 6.54 Å². The van der Waals surface area contributed by atoms with E-state index in [-0.39, 0.29) is 18.4 Å². The maximum Gasteiger partial charge on any atom is 0.405 e. The number of rotatable bonds is 4. The van der Waals surface area contributed by atoms with Crippen LogP contribution in [0.1, 0.15) is 13.8 Å². The maximum absolute atomic E-state index is 11.8. The van der Waals surface area contributed by atoms with E-state index in [4.69, 9.17) is 11.1 Å². The molecule has 8 heteroatoms. The van der Waals surface area contributed by atoms with Crippen LogP contribution >= 0.6 is 0 Å². The average molecular weight is 240 g/mol. The van der Waals surface area contributed by atoms with Gasteiger partial charge in [-0.2, -0.15) is 13.2 Å². The predicted octanol–water partition coefficient (Wildman–Crippen LogP) is 0.905. The van der Waals surface area contributed by atoms with Crippen molar-refractivity contribution in [3.63, 3.8) is 0 Å². The zero-order chi connectivity index (χ0) is 12.9. The molecule has 16 heavy (non-hydrogen) atoms. The van der Waals surface area contributed by atoms with Crippen LogP contribution in [0.5, 0.6) is 0 Å². The van der Waals surface area contributed by atoms with Gasteiger partial charge >= 0.3 is 12.2 Å². The molecule has 0 radical (unpaired) electrons. The summed E-state index contributed by atoms with van der Waals surface area (Å²) in [6.45, 7) is 1.65. The number of hydrogen-bond acceptors (Lipinski definition) is 2. The van der Waals surface area contributed by atoms with Crippen molar-refractivity contribution in [1.29, 1.82) is 5.41 Å². The maximum atomic E-state index is 11.8. The van der Waals surface area contributed by atoms with Crippen molar-refractivity contribution in [2.24, 2.45) is 5.73 Å². The van der Waals surface area contributed by atoms with Crippen molar-refractivity contribution in [2.45, 2.75) is 26.1 Å². The molecule has 0 rings (SSSR count). The van der Waals surface area contributed by atoms with Crippen LogP contribution in [0.3, 0.4) is 0 Å². The summed E-state index contributed by atoms with van der Waals surface area (Å²) in [6, 6.07) is -1.22. The highest BCUT2D eigenvalue weighted by Crippen LogP contribution is 2.12. The zero-order valence-corrected chi connectivity index (χ0v) is 9.06. The van der Waals surface area contributed by atoms with Gasteiger partial charge in [-0.3, -0.25) is 5.41 Å². The second-order valence-corrected chi connectivity index (χ2v) is 3.52. The number of carbonyl (C=O) groups is 1. The Morgan fingerprint density at radius 1 is 1.50 bits per heavy atom. The van der Waals surface area contributed by atoms with E-state index < -0.39 is 18.8 Å². The number of urea groups is 1. The average Bonchev–Trinajstić information content (AvgIpc) is 2.08. The molecule has 0 saturated carbocycles. The minimum atomic E-state index is -4.45. The predicted molar refractivity (Wildman–Crippen MR) is 53.2 cm³/mol. The fourth-order valence-corrected chi connectivity index (χ4v) is 0.950. The topological polar surface area (TPSA) is 82.2 Å². The third-order valence-electron chi connectivity index (χ3n) is 1.66. The SMILES string of the molecule is CC(C)N(CC(=N)N)C(=O)NCC(F)(F)F. The number of nitrogens with two attached hydrogens (primary N) is 1. The van der Waals surface area contributed by atoms with Crippen molar-refractivity contribution >= 4 is 11.9 Å². The lowest BCUT2D eigenvalue weighted by molar-refractivity contribution is -0.123. The second-order valence-electron chi connectivity index (χ2n) is 3.52. The van der Waals surface area contributed by atoms with Gasteiger partial charge in [0.25, 0.3) is 0 Å². The van der Waals surface area contributed by atoms with E-state index in [1.807, 2.05) is 0 Å². The number of nitrogens with one attached hydrogen (secondary N) is 2. The molecule has 0 saturated heterocycles. The highest BCUT2D eigenvalue weighted by Gasteiger charge is 2.29. The lowest BCUT2D eigenvalue weighted by Gasteiger charge is -2.26. The number of amides is 2. The van der Waals surface area contributed by atoms with Gasteiger partial charge in [-0.25, -0.2) is 4.79 Å². The Bertz CT molecular complexity index is 264. The first-order chi connectivity index (χ1) is 7.13. The molecule has 0 aliphatic heterocycles. The molecule has 0 aromatic heterocycles. The molecule has 0 atom stereocenters. The third-order valence-corrected chi connectivity index (χ3v) is 1.66. The van der Waals surface area contributed by atoms with Gasteiger partial charge in [0.15, 0.2) is 0 Å². The van der Waals surface area contributed by atoms with Gasteiger partial charge in [0.1, 0.15) is 12.4 Å². The first-order valence-electron chi connectivity index (χ1n) is 4.57. The monoisotopic (exact) mass is 240 g/mol. The first-order valence-corrected chi connectivity index (χ1v) is 4.57. The number of halogens is 3. The fourth-order valence-electron chi connectivity index (χ4n) is 0.950. The van der Waals surface area contributed by atoms with Crippen molar-refractivity contribution in [3.05, 3.63) is 0 Å². The number of carbonyl (C=O) groups excluding carboxylic acids is 1. The number of amidine groups is 1. The van der Waals surface area contributed by atoms with Crippen LogP contribution < -0.4 is 11.1 Å². The van der Waals surface area contributed by atoms with Crippen LogP contribution in [0.4, 0.5) is 18.0 Å². The highest BCUT2D eigenvalue weighted by molar-refractivity contribution is 5.84. The molecule has 94 valence electrons. The Kier molecular flexibility index (Phi) is 5.06. The van der Waals surface area contributed by atoms with Crippen molar-refractivity contribution in [1.82, 2.24) is 10.2 Å². The molecule has 2 amide bonds. The van der Waals surface area contributed by atoms with Gasteiger partial charge < -0.3 is 16.0 Å². The molecule has 0 aromatic carbocycles. The standard InChI is InChI=1S/C8H15F3N4O/c1-5(2)15(3-6(12)13)7(16)14-4-8(9,10)11/h5H,3-4H2,1-2H3,(H3,12,13)(H,14,16). The van der Waals surface area contributed by atoms with Crippen molar-refractivity contribution < 1.29 is 18.0 Å². The lowest BCUT2D eigenvalue weighted by Crippen LogP contribution is -2.49. The fraction of sp³-hybridized carbons (Fsp3) is 0.750. The third kappa shape index (κ3) is 6.10. The molecule has 0 bridgehead atoms. The molecule has 0 heterocycles. The van der Waals surface area contributed by atoms with Gasteiger partial charge in [-0.05, 0) is 13.8 Å². The second kappa shape index (κ2) is 5.57. The molecule has 0 aromatic rings. The molecule has 0 spiro atoms. The molecule has 0 aliphatic rings. The van der Waals surface area contributed by atoms with Gasteiger partial charge in [0, 0.05) is 6.04 Å². The van der Waals surface area contributed by atoms with Crippen molar-refractivity contribution in [3.8, 4) is 0 Å². The normalized spacial score (nSPS) is 11.4. The molecule has 5 nitrogen and oxygen atoms in total.